The largest absolute Gasteiger partial charge is 0.443 e. The van der Waals surface area contributed by atoms with Gasteiger partial charge in [0.25, 0.3) is 5.91 Å². The van der Waals surface area contributed by atoms with Gasteiger partial charge >= 0.3 is 0 Å². The summed E-state index contributed by atoms with van der Waals surface area (Å²) in [5.74, 6) is -0.212. The van der Waals surface area contributed by atoms with Gasteiger partial charge in [-0.3, -0.25) is 14.4 Å². The average molecular weight is 342 g/mol. The number of hydrogen-bond acceptors (Lipinski definition) is 5. The molecule has 0 aliphatic carbocycles. The monoisotopic (exact) mass is 342 g/mol. The van der Waals surface area contributed by atoms with Crippen molar-refractivity contribution in [2.75, 3.05) is 26.2 Å². The molecule has 0 radical (unpaired) electrons. The molecular weight excluding hydrogens is 324 g/mol. The van der Waals surface area contributed by atoms with Crippen molar-refractivity contribution in [3.63, 3.8) is 0 Å². The summed E-state index contributed by atoms with van der Waals surface area (Å²) in [5, 5.41) is 2.70. The number of amides is 3. The van der Waals surface area contributed by atoms with Gasteiger partial charge in [-0.15, -0.1) is 0 Å². The molecule has 8 heteroatoms. The van der Waals surface area contributed by atoms with E-state index < -0.39 is 6.04 Å². The first kappa shape index (κ1) is 15.6. The summed E-state index contributed by atoms with van der Waals surface area (Å²) >= 11 is 0. The summed E-state index contributed by atoms with van der Waals surface area (Å²) in [6.45, 7) is 1.89. The third-order valence-electron chi connectivity index (χ3n) is 4.75. The van der Waals surface area contributed by atoms with Crippen LogP contribution in [-0.4, -0.2) is 64.7 Å². The zero-order valence-corrected chi connectivity index (χ0v) is 13.6. The quantitative estimate of drug-likeness (QED) is 0.852. The molecule has 2 saturated heterocycles. The van der Waals surface area contributed by atoms with Crippen LogP contribution in [0.5, 0.6) is 0 Å². The maximum Gasteiger partial charge on any atom is 0.254 e. The number of carbonyl (C=O) groups is 3. The van der Waals surface area contributed by atoms with Gasteiger partial charge in [0.2, 0.25) is 11.8 Å². The lowest BCUT2D eigenvalue weighted by atomic mass is 10.1. The maximum atomic E-state index is 12.6. The molecule has 2 aliphatic heterocycles. The molecule has 2 fully saturated rings. The zero-order chi connectivity index (χ0) is 17.4. The lowest BCUT2D eigenvalue weighted by molar-refractivity contribution is -0.135. The molecule has 1 atom stereocenters. The van der Waals surface area contributed by atoms with E-state index in [9.17, 15) is 14.4 Å². The van der Waals surface area contributed by atoms with Gasteiger partial charge < -0.3 is 19.5 Å². The Kier molecular flexibility index (Phi) is 3.87. The number of nitrogens with one attached hydrogen (secondary N) is 1. The summed E-state index contributed by atoms with van der Waals surface area (Å²) in [5.41, 5.74) is 1.84. The minimum Gasteiger partial charge on any atom is -0.443 e. The predicted octanol–water partition coefficient (Wildman–Crippen LogP) is 0.391. The van der Waals surface area contributed by atoms with Crippen LogP contribution in [-0.2, 0) is 9.59 Å². The van der Waals surface area contributed by atoms with E-state index in [0.717, 1.165) is 0 Å². The summed E-state index contributed by atoms with van der Waals surface area (Å²) in [6, 6.07) is 4.77. The van der Waals surface area contributed by atoms with Crippen LogP contribution in [0.3, 0.4) is 0 Å². The van der Waals surface area contributed by atoms with Crippen molar-refractivity contribution in [3.8, 4) is 0 Å². The summed E-state index contributed by atoms with van der Waals surface area (Å²) in [4.78, 5) is 43.8. The van der Waals surface area contributed by atoms with Gasteiger partial charge in [0.15, 0.2) is 12.0 Å². The van der Waals surface area contributed by atoms with Crippen LogP contribution in [0, 0.1) is 0 Å². The summed E-state index contributed by atoms with van der Waals surface area (Å²) < 4.78 is 5.24. The summed E-state index contributed by atoms with van der Waals surface area (Å²) in [7, 11) is 0. The molecule has 8 nitrogen and oxygen atoms in total. The number of benzene rings is 1. The van der Waals surface area contributed by atoms with E-state index in [1.165, 1.54) is 6.39 Å². The van der Waals surface area contributed by atoms with Crippen LogP contribution >= 0.6 is 0 Å². The van der Waals surface area contributed by atoms with Gasteiger partial charge in [-0.2, -0.15) is 0 Å². The van der Waals surface area contributed by atoms with Crippen molar-refractivity contribution in [2.45, 2.75) is 18.9 Å². The highest BCUT2D eigenvalue weighted by atomic mass is 16.3. The van der Waals surface area contributed by atoms with E-state index >= 15 is 0 Å². The fourth-order valence-electron chi connectivity index (χ4n) is 3.32. The number of aromatic nitrogens is 1. The Morgan fingerprint density at radius 3 is 2.64 bits per heavy atom. The lowest BCUT2D eigenvalue weighted by Gasteiger charge is -2.35. The van der Waals surface area contributed by atoms with E-state index in [1.807, 2.05) is 0 Å². The van der Waals surface area contributed by atoms with Gasteiger partial charge in [0.1, 0.15) is 11.6 Å². The van der Waals surface area contributed by atoms with Crippen molar-refractivity contribution in [3.05, 3.63) is 30.2 Å². The Balaban J connectivity index is 1.38. The van der Waals surface area contributed by atoms with Gasteiger partial charge in [-0.25, -0.2) is 4.98 Å². The SMILES string of the molecule is O=C1CCC(C(=O)N2CCN(C(=O)c3ccc4ncoc4c3)CC2)N1. The molecule has 1 aromatic heterocycles. The highest BCUT2D eigenvalue weighted by Gasteiger charge is 2.33. The van der Waals surface area contributed by atoms with Crippen molar-refractivity contribution in [1.29, 1.82) is 0 Å². The van der Waals surface area contributed by atoms with Crippen molar-refractivity contribution >= 4 is 28.8 Å². The minimum atomic E-state index is -0.413. The second-order valence-corrected chi connectivity index (χ2v) is 6.31. The van der Waals surface area contributed by atoms with E-state index in [4.69, 9.17) is 4.42 Å². The van der Waals surface area contributed by atoms with E-state index in [-0.39, 0.29) is 17.7 Å². The molecule has 3 amide bonds. The first-order chi connectivity index (χ1) is 12.1. The van der Waals surface area contributed by atoms with Crippen LogP contribution in [0.25, 0.3) is 11.1 Å². The Morgan fingerprint density at radius 1 is 1.16 bits per heavy atom. The molecule has 0 bridgehead atoms. The Hall–Kier alpha value is -2.90. The number of hydrogen-bond donors (Lipinski definition) is 1. The third kappa shape index (κ3) is 2.95. The Labute approximate surface area is 143 Å². The molecular formula is C17H18N4O4. The van der Waals surface area contributed by atoms with Crippen LogP contribution in [0.15, 0.2) is 29.0 Å². The molecule has 1 aromatic carbocycles. The van der Waals surface area contributed by atoms with E-state index in [1.54, 1.807) is 28.0 Å². The van der Waals surface area contributed by atoms with Gasteiger partial charge in [0.05, 0.1) is 0 Å². The second kappa shape index (κ2) is 6.19. The molecule has 4 rings (SSSR count). The highest BCUT2D eigenvalue weighted by Crippen LogP contribution is 2.17. The standard InChI is InChI=1S/C17H18N4O4/c22-15-4-3-13(19-15)17(24)21-7-5-20(6-8-21)16(23)11-1-2-12-14(9-11)25-10-18-12/h1-2,9-10,13H,3-8H2,(H,19,22). The number of oxazole rings is 1. The molecule has 2 aliphatic rings. The van der Waals surface area contributed by atoms with Gasteiger partial charge in [-0.1, -0.05) is 0 Å². The molecule has 0 spiro atoms. The van der Waals surface area contributed by atoms with E-state index in [2.05, 4.69) is 10.3 Å². The van der Waals surface area contributed by atoms with Crippen molar-refractivity contribution < 1.29 is 18.8 Å². The molecule has 130 valence electrons. The fraction of sp³-hybridized carbons (Fsp3) is 0.412. The summed E-state index contributed by atoms with van der Waals surface area (Å²) in [6.07, 6.45) is 2.30. The maximum absolute atomic E-state index is 12.6. The van der Waals surface area contributed by atoms with Crippen LogP contribution < -0.4 is 5.32 Å². The third-order valence-corrected chi connectivity index (χ3v) is 4.75. The molecule has 3 heterocycles. The topological polar surface area (TPSA) is 95.8 Å². The van der Waals surface area contributed by atoms with Gasteiger partial charge in [0, 0.05) is 38.2 Å². The van der Waals surface area contributed by atoms with Crippen LogP contribution in [0.2, 0.25) is 0 Å². The Morgan fingerprint density at radius 2 is 1.92 bits per heavy atom. The normalized spacial score (nSPS) is 20.8. The highest BCUT2D eigenvalue weighted by molar-refractivity contribution is 5.97. The number of piperazine rings is 1. The van der Waals surface area contributed by atoms with Gasteiger partial charge in [-0.05, 0) is 24.6 Å². The van der Waals surface area contributed by atoms with Crippen molar-refractivity contribution in [2.24, 2.45) is 0 Å². The lowest BCUT2D eigenvalue weighted by Crippen LogP contribution is -2.54. The first-order valence-electron chi connectivity index (χ1n) is 8.32. The first-order valence-corrected chi connectivity index (χ1v) is 8.32. The molecule has 2 aromatic rings. The number of fused-ring (bicyclic) bond motifs is 1. The second-order valence-electron chi connectivity index (χ2n) is 6.31. The van der Waals surface area contributed by atoms with E-state index in [0.29, 0.717) is 55.7 Å². The van der Waals surface area contributed by atoms with Crippen LogP contribution in [0.1, 0.15) is 23.2 Å². The molecule has 1 unspecified atom stereocenters. The Bertz CT molecular complexity index is 838. The molecule has 1 N–H and O–H groups in total. The molecule has 25 heavy (non-hydrogen) atoms. The predicted molar refractivity (Wildman–Crippen MR) is 87.7 cm³/mol. The number of carbonyl (C=O) groups excluding carboxylic acids is 3. The molecule has 0 saturated carbocycles. The zero-order valence-electron chi connectivity index (χ0n) is 13.6. The van der Waals surface area contributed by atoms with Crippen LogP contribution in [0.4, 0.5) is 0 Å². The number of nitrogens with zero attached hydrogens (tertiary/aromatic N) is 3. The smallest absolute Gasteiger partial charge is 0.254 e. The van der Waals surface area contributed by atoms with Crippen molar-refractivity contribution in [1.82, 2.24) is 20.1 Å². The minimum absolute atomic E-state index is 0.0546. The number of rotatable bonds is 2. The fourth-order valence-corrected chi connectivity index (χ4v) is 3.32. The average Bonchev–Trinajstić information content (AvgIpc) is 3.28.